The van der Waals surface area contributed by atoms with E-state index in [9.17, 15) is 5.11 Å². The van der Waals surface area contributed by atoms with Crippen molar-refractivity contribution in [3.05, 3.63) is 89.2 Å². The van der Waals surface area contributed by atoms with Crippen molar-refractivity contribution >= 4 is 46.2 Å². The fourth-order valence-corrected chi connectivity index (χ4v) is 2.96. The largest absolute Gasteiger partial charge is 0.508 e. The van der Waals surface area contributed by atoms with Gasteiger partial charge < -0.3 is 10.4 Å². The highest BCUT2D eigenvalue weighted by atomic mass is 35.5. The summed E-state index contributed by atoms with van der Waals surface area (Å²) in [4.78, 5) is 9.25. The zero-order chi connectivity index (χ0) is 18.6. The van der Waals surface area contributed by atoms with Crippen LogP contribution in [0.3, 0.4) is 0 Å². The monoisotopic (exact) mass is 373 g/mol. The number of para-hydroxylation sites is 1. The van der Waals surface area contributed by atoms with Crippen LogP contribution in [0.5, 0.6) is 5.75 Å². The van der Waals surface area contributed by atoms with Gasteiger partial charge in [-0.15, -0.1) is 0 Å². The van der Waals surface area contributed by atoms with Gasteiger partial charge in [0.1, 0.15) is 11.6 Å². The molecule has 4 aromatic rings. The van der Waals surface area contributed by atoms with E-state index in [0.717, 1.165) is 22.2 Å². The van der Waals surface area contributed by atoms with Gasteiger partial charge in [-0.25, -0.2) is 9.97 Å². The van der Waals surface area contributed by atoms with Gasteiger partial charge in [-0.05, 0) is 48.0 Å². The molecule has 0 amide bonds. The number of benzene rings is 3. The predicted molar refractivity (Wildman–Crippen MR) is 111 cm³/mol. The number of anilines is 2. The fourth-order valence-electron chi connectivity index (χ4n) is 2.77. The fraction of sp³-hybridized carbons (Fsp3) is 0. The van der Waals surface area contributed by atoms with Crippen LogP contribution in [-0.4, -0.2) is 15.1 Å². The van der Waals surface area contributed by atoms with Crippen molar-refractivity contribution < 1.29 is 5.11 Å². The average molecular weight is 374 g/mol. The number of nitrogens with zero attached hydrogens (tertiary/aromatic N) is 2. The topological polar surface area (TPSA) is 58.0 Å². The molecular formula is C22H16ClN3O. The third-order valence-corrected chi connectivity index (χ3v) is 4.24. The van der Waals surface area contributed by atoms with E-state index in [2.05, 4.69) is 15.3 Å². The maximum absolute atomic E-state index is 9.70. The first-order chi connectivity index (χ1) is 13.2. The Hall–Kier alpha value is -3.37. The predicted octanol–water partition coefficient (Wildman–Crippen LogP) is 5.90. The quantitative estimate of drug-likeness (QED) is 0.467. The molecule has 4 nitrogen and oxygen atoms in total. The molecule has 0 atom stereocenters. The van der Waals surface area contributed by atoms with E-state index < -0.39 is 0 Å². The average Bonchev–Trinajstić information content (AvgIpc) is 2.66. The maximum atomic E-state index is 9.70. The number of hydrogen-bond donors (Lipinski definition) is 2. The summed E-state index contributed by atoms with van der Waals surface area (Å²) in [7, 11) is 0. The van der Waals surface area contributed by atoms with Gasteiger partial charge in [0.25, 0.3) is 0 Å². The second kappa shape index (κ2) is 7.48. The summed E-state index contributed by atoms with van der Waals surface area (Å²) < 4.78 is 0. The standard InChI is InChI=1S/C22H16ClN3O/c23-16-6-3-5-15(13-16)11-12-21-25-20-10-2-1-9-19(20)22(26-21)24-17-7-4-8-18(27)14-17/h1-14,27H,(H,24,25,26)/b12-11+. The number of aromatic hydroxyl groups is 1. The number of phenols is 1. The van der Waals surface area contributed by atoms with E-state index in [1.54, 1.807) is 18.2 Å². The Kier molecular flexibility index (Phi) is 4.73. The number of phenolic OH excluding ortho intramolecular Hbond substituents is 1. The molecule has 0 aliphatic carbocycles. The zero-order valence-corrected chi connectivity index (χ0v) is 15.1. The number of hydrogen-bond acceptors (Lipinski definition) is 4. The van der Waals surface area contributed by atoms with Crippen molar-refractivity contribution in [1.82, 2.24) is 9.97 Å². The molecule has 132 valence electrons. The molecule has 2 N–H and O–H groups in total. The molecule has 0 bridgehead atoms. The summed E-state index contributed by atoms with van der Waals surface area (Å²) in [6, 6.07) is 22.3. The van der Waals surface area contributed by atoms with Gasteiger partial charge in [0.15, 0.2) is 5.82 Å². The molecule has 5 heteroatoms. The molecule has 0 spiro atoms. The van der Waals surface area contributed by atoms with Crippen molar-refractivity contribution in [2.24, 2.45) is 0 Å². The summed E-state index contributed by atoms with van der Waals surface area (Å²) in [5.74, 6) is 1.45. The lowest BCUT2D eigenvalue weighted by atomic mass is 10.2. The third-order valence-electron chi connectivity index (χ3n) is 4.00. The highest BCUT2D eigenvalue weighted by molar-refractivity contribution is 6.30. The Labute approximate surface area is 161 Å². The number of fused-ring (bicyclic) bond motifs is 1. The molecule has 27 heavy (non-hydrogen) atoms. The smallest absolute Gasteiger partial charge is 0.154 e. The van der Waals surface area contributed by atoms with Gasteiger partial charge in [0.2, 0.25) is 0 Å². The number of aromatic nitrogens is 2. The van der Waals surface area contributed by atoms with Crippen molar-refractivity contribution in [3.63, 3.8) is 0 Å². The second-order valence-corrected chi connectivity index (χ2v) is 6.45. The summed E-state index contributed by atoms with van der Waals surface area (Å²) in [5, 5.41) is 14.6. The molecule has 4 rings (SSSR count). The summed E-state index contributed by atoms with van der Waals surface area (Å²) in [6.45, 7) is 0. The van der Waals surface area contributed by atoms with Crippen LogP contribution >= 0.6 is 11.6 Å². The molecule has 1 aromatic heterocycles. The lowest BCUT2D eigenvalue weighted by Crippen LogP contribution is -1.99. The molecule has 0 saturated heterocycles. The van der Waals surface area contributed by atoms with E-state index in [0.29, 0.717) is 16.7 Å². The first-order valence-electron chi connectivity index (χ1n) is 8.44. The minimum Gasteiger partial charge on any atom is -0.508 e. The van der Waals surface area contributed by atoms with Crippen molar-refractivity contribution in [3.8, 4) is 5.75 Å². The van der Waals surface area contributed by atoms with Crippen LogP contribution in [0.15, 0.2) is 72.8 Å². The molecule has 3 aromatic carbocycles. The Morgan fingerprint density at radius 2 is 1.70 bits per heavy atom. The van der Waals surface area contributed by atoms with Crippen molar-refractivity contribution in [2.45, 2.75) is 0 Å². The van der Waals surface area contributed by atoms with Gasteiger partial charge in [-0.2, -0.15) is 0 Å². The van der Waals surface area contributed by atoms with Crippen LogP contribution in [0.25, 0.3) is 23.1 Å². The third kappa shape index (κ3) is 4.07. The zero-order valence-electron chi connectivity index (χ0n) is 14.3. The van der Waals surface area contributed by atoms with Gasteiger partial charge in [0.05, 0.1) is 5.52 Å². The molecule has 0 radical (unpaired) electrons. The normalized spacial score (nSPS) is 11.1. The lowest BCUT2D eigenvalue weighted by molar-refractivity contribution is 0.475. The van der Waals surface area contributed by atoms with E-state index >= 15 is 0 Å². The Balaban J connectivity index is 1.74. The van der Waals surface area contributed by atoms with Gasteiger partial charge in [-0.3, -0.25) is 0 Å². The molecule has 1 heterocycles. The maximum Gasteiger partial charge on any atom is 0.154 e. The van der Waals surface area contributed by atoms with E-state index in [1.165, 1.54) is 0 Å². The lowest BCUT2D eigenvalue weighted by Gasteiger charge is -2.10. The summed E-state index contributed by atoms with van der Waals surface area (Å²) in [6.07, 6.45) is 3.78. The minimum absolute atomic E-state index is 0.194. The summed E-state index contributed by atoms with van der Waals surface area (Å²) >= 11 is 6.04. The van der Waals surface area contributed by atoms with Gasteiger partial charge >= 0.3 is 0 Å². The second-order valence-electron chi connectivity index (χ2n) is 6.01. The summed E-state index contributed by atoms with van der Waals surface area (Å²) in [5.41, 5.74) is 2.56. The van der Waals surface area contributed by atoms with E-state index in [1.807, 2.05) is 66.7 Å². The van der Waals surface area contributed by atoms with Crippen LogP contribution in [0.2, 0.25) is 5.02 Å². The first kappa shape index (κ1) is 17.1. The Morgan fingerprint density at radius 1 is 0.852 bits per heavy atom. The molecular weight excluding hydrogens is 358 g/mol. The van der Waals surface area contributed by atoms with E-state index in [4.69, 9.17) is 11.6 Å². The van der Waals surface area contributed by atoms with Crippen LogP contribution < -0.4 is 5.32 Å². The van der Waals surface area contributed by atoms with Crippen LogP contribution in [-0.2, 0) is 0 Å². The molecule has 0 aliphatic heterocycles. The molecule has 0 aliphatic rings. The van der Waals surface area contributed by atoms with Crippen molar-refractivity contribution in [2.75, 3.05) is 5.32 Å². The van der Waals surface area contributed by atoms with Crippen molar-refractivity contribution in [1.29, 1.82) is 0 Å². The van der Waals surface area contributed by atoms with Gasteiger partial charge in [-0.1, -0.05) is 48.0 Å². The van der Waals surface area contributed by atoms with Crippen LogP contribution in [0.1, 0.15) is 11.4 Å². The number of nitrogens with one attached hydrogen (secondary N) is 1. The Morgan fingerprint density at radius 3 is 2.56 bits per heavy atom. The first-order valence-corrected chi connectivity index (χ1v) is 8.82. The molecule has 0 unspecified atom stereocenters. The molecule has 0 saturated carbocycles. The highest BCUT2D eigenvalue weighted by Crippen LogP contribution is 2.26. The van der Waals surface area contributed by atoms with Gasteiger partial charge in [0, 0.05) is 22.2 Å². The number of halogens is 1. The van der Waals surface area contributed by atoms with E-state index in [-0.39, 0.29) is 5.75 Å². The minimum atomic E-state index is 0.194. The SMILES string of the molecule is Oc1cccc(Nc2nc(/C=C/c3cccc(Cl)c3)nc3ccccc23)c1. The Bertz CT molecular complexity index is 1140. The van der Waals surface area contributed by atoms with Crippen LogP contribution in [0.4, 0.5) is 11.5 Å². The van der Waals surface area contributed by atoms with Crippen LogP contribution in [0, 0.1) is 0 Å². The molecule has 0 fully saturated rings. The number of rotatable bonds is 4. The highest BCUT2D eigenvalue weighted by Gasteiger charge is 2.07.